The third-order valence-corrected chi connectivity index (χ3v) is 2.91. The van der Waals surface area contributed by atoms with E-state index in [1.807, 2.05) is 6.07 Å². The second kappa shape index (κ2) is 6.43. The topological polar surface area (TPSA) is 46.5 Å². The summed E-state index contributed by atoms with van der Waals surface area (Å²) < 4.78 is 5.73. The Kier molecular flexibility index (Phi) is 5.20. The van der Waals surface area contributed by atoms with Gasteiger partial charge in [0.2, 0.25) is 0 Å². The van der Waals surface area contributed by atoms with Gasteiger partial charge in [-0.15, -0.1) is 0 Å². The highest BCUT2D eigenvalue weighted by Gasteiger charge is 2.12. The summed E-state index contributed by atoms with van der Waals surface area (Å²) in [6.45, 7) is 8.93. The largest absolute Gasteiger partial charge is 0.493 e. The fraction of sp³-hybridized carbons (Fsp3) is 0.533. The van der Waals surface area contributed by atoms with Crippen LogP contribution >= 0.6 is 0 Å². The lowest BCUT2D eigenvalue weighted by Crippen LogP contribution is -2.12. The summed E-state index contributed by atoms with van der Waals surface area (Å²) >= 11 is 0. The summed E-state index contributed by atoms with van der Waals surface area (Å²) in [6.07, 6.45) is 1.11. The molecular formula is C15H22O3. The second-order valence-corrected chi connectivity index (χ2v) is 5.28. The zero-order chi connectivity index (χ0) is 13.7. The number of carboxylic acids is 1. The average molecular weight is 250 g/mol. The molecule has 0 radical (unpaired) electrons. The Morgan fingerprint density at radius 2 is 2.00 bits per heavy atom. The number of carboxylic acid groups (broad SMARTS) is 1. The Morgan fingerprint density at radius 1 is 1.33 bits per heavy atom. The molecule has 0 fully saturated rings. The minimum absolute atomic E-state index is 0.309. The van der Waals surface area contributed by atoms with Crippen molar-refractivity contribution < 1.29 is 14.6 Å². The van der Waals surface area contributed by atoms with Gasteiger partial charge in [-0.25, -0.2) is 4.79 Å². The van der Waals surface area contributed by atoms with E-state index in [1.54, 1.807) is 19.1 Å². The van der Waals surface area contributed by atoms with E-state index in [0.29, 0.717) is 35.3 Å². The summed E-state index contributed by atoms with van der Waals surface area (Å²) in [4.78, 5) is 11.0. The van der Waals surface area contributed by atoms with Crippen molar-refractivity contribution in [2.45, 2.75) is 34.1 Å². The molecule has 1 rings (SSSR count). The van der Waals surface area contributed by atoms with Gasteiger partial charge in [-0.05, 0) is 37.3 Å². The van der Waals surface area contributed by atoms with Crippen molar-refractivity contribution in [2.24, 2.45) is 11.8 Å². The lowest BCUT2D eigenvalue weighted by Gasteiger charge is -2.16. The van der Waals surface area contributed by atoms with Gasteiger partial charge in [0.25, 0.3) is 0 Å². The van der Waals surface area contributed by atoms with Crippen molar-refractivity contribution in [3.63, 3.8) is 0 Å². The van der Waals surface area contributed by atoms with Crippen LogP contribution in [0.15, 0.2) is 18.2 Å². The zero-order valence-corrected chi connectivity index (χ0v) is 11.6. The molecule has 0 heterocycles. The first-order valence-corrected chi connectivity index (χ1v) is 6.37. The predicted octanol–water partition coefficient (Wildman–Crippen LogP) is 3.75. The number of hydrogen-bond donors (Lipinski definition) is 1. The van der Waals surface area contributed by atoms with E-state index in [2.05, 4.69) is 20.8 Å². The van der Waals surface area contributed by atoms with Crippen LogP contribution in [0, 0.1) is 18.8 Å². The fourth-order valence-electron chi connectivity index (χ4n) is 2.11. The monoisotopic (exact) mass is 250 g/mol. The molecule has 0 aliphatic carbocycles. The van der Waals surface area contributed by atoms with Crippen LogP contribution in [0.1, 0.15) is 43.1 Å². The molecule has 0 aliphatic rings. The van der Waals surface area contributed by atoms with Crippen LogP contribution in [-0.2, 0) is 0 Å². The van der Waals surface area contributed by atoms with E-state index >= 15 is 0 Å². The molecule has 0 spiro atoms. The standard InChI is InChI=1S/C15H22O3/c1-10(2)8-11(3)9-18-14-7-5-6-13(12(14)4)15(16)17/h5-7,10-11H,8-9H2,1-4H3,(H,16,17). The lowest BCUT2D eigenvalue weighted by molar-refractivity contribution is 0.0695. The highest BCUT2D eigenvalue weighted by molar-refractivity contribution is 5.90. The van der Waals surface area contributed by atoms with Crippen LogP contribution in [-0.4, -0.2) is 17.7 Å². The first kappa shape index (κ1) is 14.6. The van der Waals surface area contributed by atoms with E-state index < -0.39 is 5.97 Å². The normalized spacial score (nSPS) is 12.5. The fourth-order valence-corrected chi connectivity index (χ4v) is 2.11. The average Bonchev–Trinajstić information content (AvgIpc) is 2.26. The van der Waals surface area contributed by atoms with E-state index in [4.69, 9.17) is 9.84 Å². The number of ether oxygens (including phenoxy) is 1. The Hall–Kier alpha value is -1.51. The number of rotatable bonds is 6. The molecule has 1 atom stereocenters. The highest BCUT2D eigenvalue weighted by atomic mass is 16.5. The van der Waals surface area contributed by atoms with Gasteiger partial charge < -0.3 is 9.84 Å². The van der Waals surface area contributed by atoms with Gasteiger partial charge in [-0.3, -0.25) is 0 Å². The minimum Gasteiger partial charge on any atom is -0.493 e. The Morgan fingerprint density at radius 3 is 2.56 bits per heavy atom. The van der Waals surface area contributed by atoms with Crippen molar-refractivity contribution in [2.75, 3.05) is 6.61 Å². The van der Waals surface area contributed by atoms with E-state index in [-0.39, 0.29) is 0 Å². The van der Waals surface area contributed by atoms with Crippen LogP contribution in [0.2, 0.25) is 0 Å². The molecule has 18 heavy (non-hydrogen) atoms. The van der Waals surface area contributed by atoms with Crippen molar-refractivity contribution in [3.05, 3.63) is 29.3 Å². The van der Waals surface area contributed by atoms with Crippen LogP contribution in [0.5, 0.6) is 5.75 Å². The number of aromatic carboxylic acids is 1. The number of carbonyl (C=O) groups is 1. The summed E-state index contributed by atoms with van der Waals surface area (Å²) in [5.41, 5.74) is 1.01. The van der Waals surface area contributed by atoms with Gasteiger partial charge in [0.15, 0.2) is 0 Å². The van der Waals surface area contributed by atoms with Gasteiger partial charge in [-0.1, -0.05) is 26.8 Å². The zero-order valence-electron chi connectivity index (χ0n) is 11.6. The first-order valence-electron chi connectivity index (χ1n) is 6.37. The molecule has 1 N–H and O–H groups in total. The Balaban J connectivity index is 2.68. The minimum atomic E-state index is -0.909. The van der Waals surface area contributed by atoms with Gasteiger partial charge in [-0.2, -0.15) is 0 Å². The molecule has 1 aromatic rings. The molecule has 3 nitrogen and oxygen atoms in total. The van der Waals surface area contributed by atoms with Crippen molar-refractivity contribution in [1.29, 1.82) is 0 Å². The smallest absolute Gasteiger partial charge is 0.336 e. The molecule has 3 heteroatoms. The molecule has 0 bridgehead atoms. The van der Waals surface area contributed by atoms with Crippen LogP contribution in [0.4, 0.5) is 0 Å². The maximum Gasteiger partial charge on any atom is 0.336 e. The highest BCUT2D eigenvalue weighted by Crippen LogP contribution is 2.22. The maximum absolute atomic E-state index is 11.0. The maximum atomic E-state index is 11.0. The molecular weight excluding hydrogens is 228 g/mol. The lowest BCUT2D eigenvalue weighted by atomic mass is 10.00. The predicted molar refractivity (Wildman–Crippen MR) is 72.3 cm³/mol. The van der Waals surface area contributed by atoms with Crippen LogP contribution in [0.3, 0.4) is 0 Å². The van der Waals surface area contributed by atoms with Crippen LogP contribution < -0.4 is 4.74 Å². The van der Waals surface area contributed by atoms with Crippen molar-refractivity contribution >= 4 is 5.97 Å². The molecule has 1 aromatic carbocycles. The first-order chi connectivity index (χ1) is 8.41. The van der Waals surface area contributed by atoms with Gasteiger partial charge in [0.05, 0.1) is 12.2 Å². The molecule has 0 aromatic heterocycles. The third kappa shape index (κ3) is 4.06. The quantitative estimate of drug-likeness (QED) is 0.836. The summed E-state index contributed by atoms with van der Waals surface area (Å²) in [5.74, 6) is 0.881. The molecule has 0 amide bonds. The van der Waals surface area contributed by atoms with E-state index in [0.717, 1.165) is 6.42 Å². The van der Waals surface area contributed by atoms with E-state index in [9.17, 15) is 4.79 Å². The van der Waals surface area contributed by atoms with Gasteiger partial charge >= 0.3 is 5.97 Å². The second-order valence-electron chi connectivity index (χ2n) is 5.28. The number of benzene rings is 1. The van der Waals surface area contributed by atoms with Gasteiger partial charge in [0.1, 0.15) is 5.75 Å². The van der Waals surface area contributed by atoms with Crippen molar-refractivity contribution in [3.8, 4) is 5.75 Å². The molecule has 1 unspecified atom stereocenters. The third-order valence-electron chi connectivity index (χ3n) is 2.91. The Bertz CT molecular complexity index is 410. The molecule has 0 saturated carbocycles. The summed E-state index contributed by atoms with van der Waals surface area (Å²) in [5, 5.41) is 9.03. The Labute approximate surface area is 109 Å². The number of hydrogen-bond acceptors (Lipinski definition) is 2. The summed E-state index contributed by atoms with van der Waals surface area (Å²) in [6, 6.07) is 5.14. The summed E-state index contributed by atoms with van der Waals surface area (Å²) in [7, 11) is 0. The van der Waals surface area contributed by atoms with Crippen molar-refractivity contribution in [1.82, 2.24) is 0 Å². The molecule has 0 saturated heterocycles. The molecule has 100 valence electrons. The van der Waals surface area contributed by atoms with Gasteiger partial charge in [0, 0.05) is 5.56 Å². The molecule has 0 aliphatic heterocycles. The van der Waals surface area contributed by atoms with E-state index in [1.165, 1.54) is 0 Å². The SMILES string of the molecule is Cc1c(OCC(C)CC(C)C)cccc1C(=O)O. The van der Waals surface area contributed by atoms with Crippen LogP contribution in [0.25, 0.3) is 0 Å².